The van der Waals surface area contributed by atoms with E-state index in [0.717, 1.165) is 40.2 Å². The highest BCUT2D eigenvalue weighted by Gasteiger charge is 2.23. The first-order valence-electron chi connectivity index (χ1n) is 12.8. The minimum atomic E-state index is -0.420. The van der Waals surface area contributed by atoms with Crippen LogP contribution in [0.3, 0.4) is 0 Å². The molecule has 2 aromatic carbocycles. The summed E-state index contributed by atoms with van der Waals surface area (Å²) in [5, 5.41) is 6.36. The Kier molecular flexibility index (Phi) is 8.96. The largest absolute Gasteiger partial charge is 0.487 e. The average Bonchev–Trinajstić information content (AvgIpc) is 3.57. The third-order valence-corrected chi connectivity index (χ3v) is 7.54. The van der Waals surface area contributed by atoms with Crippen molar-refractivity contribution in [3.8, 4) is 17.6 Å². The third kappa shape index (κ3) is 6.99. The number of hydrogen-bond acceptors (Lipinski definition) is 8. The second-order valence-corrected chi connectivity index (χ2v) is 10.5. The predicted molar refractivity (Wildman–Crippen MR) is 155 cm³/mol. The summed E-state index contributed by atoms with van der Waals surface area (Å²) >= 11 is 7.97. The molecule has 4 aromatic rings. The van der Waals surface area contributed by atoms with Gasteiger partial charge in [-0.1, -0.05) is 35.6 Å². The monoisotopic (exact) mass is 579 g/mol. The Bertz CT molecular complexity index is 1570. The van der Waals surface area contributed by atoms with Crippen molar-refractivity contribution >= 4 is 50.8 Å². The molecule has 206 valence electrons. The van der Waals surface area contributed by atoms with Gasteiger partial charge in [-0.2, -0.15) is 0 Å². The molecule has 2 aromatic heterocycles. The number of hydrogen-bond donors (Lipinski definition) is 2. The number of nitrogens with zero attached hydrogens (tertiary/aromatic N) is 3. The van der Waals surface area contributed by atoms with E-state index in [-0.39, 0.29) is 25.2 Å². The Morgan fingerprint density at radius 3 is 2.98 bits per heavy atom. The van der Waals surface area contributed by atoms with Gasteiger partial charge in [0.2, 0.25) is 0 Å². The molecule has 0 spiro atoms. The van der Waals surface area contributed by atoms with E-state index < -0.39 is 6.09 Å². The molecule has 3 heterocycles. The van der Waals surface area contributed by atoms with E-state index in [9.17, 15) is 9.18 Å². The molecule has 40 heavy (non-hydrogen) atoms. The smallest absolute Gasteiger partial charge is 0.408 e. The molecular weight excluding hydrogens is 553 g/mol. The van der Waals surface area contributed by atoms with Gasteiger partial charge in [-0.15, -0.1) is 11.3 Å². The van der Waals surface area contributed by atoms with Crippen molar-refractivity contribution in [3.05, 3.63) is 76.1 Å². The SMILES string of the molecule is CCNC(=O)OCN1CCC[C@@H]1C#Cc1cc2ncnc(Nc3ccc(OCc4cccc(F)c4)c(Cl)c3)c2s1. The highest BCUT2D eigenvalue weighted by atomic mass is 35.5. The number of anilines is 2. The molecular formula is C29H27ClFN5O3S. The van der Waals surface area contributed by atoms with Gasteiger partial charge < -0.3 is 20.1 Å². The van der Waals surface area contributed by atoms with Crippen molar-refractivity contribution < 1.29 is 18.7 Å². The molecule has 1 amide bonds. The highest BCUT2D eigenvalue weighted by Crippen LogP contribution is 2.33. The van der Waals surface area contributed by atoms with Gasteiger partial charge in [0, 0.05) is 18.8 Å². The van der Waals surface area contributed by atoms with Crippen molar-refractivity contribution in [3.63, 3.8) is 0 Å². The Labute approximate surface area is 240 Å². The number of halogens is 2. The molecule has 8 nitrogen and oxygen atoms in total. The number of carbonyl (C=O) groups is 1. The quantitative estimate of drug-likeness (QED) is 0.236. The number of carbonyl (C=O) groups excluding carboxylic acids is 1. The summed E-state index contributed by atoms with van der Waals surface area (Å²) in [6, 6.07) is 13.6. The van der Waals surface area contributed by atoms with Crippen LogP contribution in [0.25, 0.3) is 10.2 Å². The van der Waals surface area contributed by atoms with Crippen LogP contribution in [-0.2, 0) is 11.3 Å². The van der Waals surface area contributed by atoms with E-state index in [1.54, 1.807) is 24.3 Å². The summed E-state index contributed by atoms with van der Waals surface area (Å²) in [4.78, 5) is 23.4. The number of alkyl carbamates (subject to hydrolysis) is 1. The van der Waals surface area contributed by atoms with Gasteiger partial charge in [-0.3, -0.25) is 4.90 Å². The number of fused-ring (bicyclic) bond motifs is 1. The van der Waals surface area contributed by atoms with Crippen LogP contribution < -0.4 is 15.4 Å². The van der Waals surface area contributed by atoms with Crippen LogP contribution in [0.15, 0.2) is 54.9 Å². The molecule has 1 aliphatic rings. The maximum Gasteiger partial charge on any atom is 0.408 e. The molecule has 0 bridgehead atoms. The fourth-order valence-corrected chi connectivity index (χ4v) is 5.41. The number of ether oxygens (including phenoxy) is 2. The Balaban J connectivity index is 1.25. The van der Waals surface area contributed by atoms with Gasteiger partial charge in [0.15, 0.2) is 5.82 Å². The van der Waals surface area contributed by atoms with Crippen molar-refractivity contribution in [1.29, 1.82) is 0 Å². The number of thiophene rings is 1. The molecule has 0 unspecified atom stereocenters. The molecule has 1 saturated heterocycles. The molecule has 1 aliphatic heterocycles. The first kappa shape index (κ1) is 27.6. The zero-order valence-corrected chi connectivity index (χ0v) is 23.3. The van der Waals surface area contributed by atoms with Crippen molar-refractivity contribution in [2.75, 3.05) is 25.1 Å². The number of likely N-dealkylation sites (tertiary alicyclic amines) is 1. The van der Waals surface area contributed by atoms with E-state index in [1.807, 2.05) is 19.1 Å². The molecule has 5 rings (SSSR count). The van der Waals surface area contributed by atoms with Crippen LogP contribution in [0.5, 0.6) is 5.75 Å². The van der Waals surface area contributed by atoms with E-state index in [4.69, 9.17) is 21.1 Å². The van der Waals surface area contributed by atoms with Gasteiger partial charge in [0.1, 0.15) is 31.2 Å². The molecule has 0 radical (unpaired) electrons. The molecule has 11 heteroatoms. The second kappa shape index (κ2) is 13.0. The Hall–Kier alpha value is -3.91. The van der Waals surface area contributed by atoms with E-state index >= 15 is 0 Å². The summed E-state index contributed by atoms with van der Waals surface area (Å²) < 4.78 is 25.3. The minimum absolute atomic E-state index is 0.0205. The van der Waals surface area contributed by atoms with Crippen LogP contribution >= 0.6 is 22.9 Å². The third-order valence-electron chi connectivity index (χ3n) is 6.20. The summed E-state index contributed by atoms with van der Waals surface area (Å²) in [5.74, 6) is 7.43. The minimum Gasteiger partial charge on any atom is -0.487 e. The summed E-state index contributed by atoms with van der Waals surface area (Å²) in [5.41, 5.74) is 2.24. The molecule has 1 fully saturated rings. The predicted octanol–water partition coefficient (Wildman–Crippen LogP) is 6.33. The number of aromatic nitrogens is 2. The fraction of sp³-hybridized carbons (Fsp3) is 0.276. The number of rotatable bonds is 8. The Morgan fingerprint density at radius 2 is 2.15 bits per heavy atom. The van der Waals surface area contributed by atoms with Gasteiger partial charge in [-0.05, 0) is 61.7 Å². The number of nitrogens with one attached hydrogen (secondary N) is 2. The van der Waals surface area contributed by atoms with E-state index in [1.165, 1.54) is 29.8 Å². The Morgan fingerprint density at radius 1 is 1.25 bits per heavy atom. The number of benzene rings is 2. The highest BCUT2D eigenvalue weighted by molar-refractivity contribution is 7.20. The summed E-state index contributed by atoms with van der Waals surface area (Å²) in [7, 11) is 0. The lowest BCUT2D eigenvalue weighted by atomic mass is 10.2. The van der Waals surface area contributed by atoms with Gasteiger partial charge in [0.25, 0.3) is 0 Å². The van der Waals surface area contributed by atoms with Crippen molar-refractivity contribution in [2.24, 2.45) is 0 Å². The maximum absolute atomic E-state index is 13.4. The fourth-order valence-electron chi connectivity index (χ4n) is 4.26. The van der Waals surface area contributed by atoms with Crippen LogP contribution in [0.1, 0.15) is 30.2 Å². The maximum atomic E-state index is 13.4. The van der Waals surface area contributed by atoms with Crippen molar-refractivity contribution in [2.45, 2.75) is 32.4 Å². The first-order valence-corrected chi connectivity index (χ1v) is 14.0. The van der Waals surface area contributed by atoms with Crippen LogP contribution in [0.4, 0.5) is 20.7 Å². The molecule has 2 N–H and O–H groups in total. The summed E-state index contributed by atoms with van der Waals surface area (Å²) in [6.07, 6.45) is 3.01. The summed E-state index contributed by atoms with van der Waals surface area (Å²) in [6.45, 7) is 3.63. The van der Waals surface area contributed by atoms with E-state index in [0.29, 0.717) is 28.7 Å². The average molecular weight is 580 g/mol. The lowest BCUT2D eigenvalue weighted by Gasteiger charge is -2.19. The van der Waals surface area contributed by atoms with Crippen LogP contribution in [0.2, 0.25) is 5.02 Å². The standard InChI is InChI=1S/C29H27ClFN5O3S/c1-2-32-29(37)39-18-36-12-4-7-22(36)9-10-23-15-25-27(40-23)28(34-17-33-25)35-21-8-11-26(24(30)14-21)38-16-19-5-3-6-20(31)13-19/h3,5-6,8,11,13-15,17,22H,2,4,7,12,16,18H2,1H3,(H,32,37)(H,33,34,35)/t22-/m1/s1. The van der Waals surface area contributed by atoms with Crippen molar-refractivity contribution in [1.82, 2.24) is 20.2 Å². The zero-order valence-electron chi connectivity index (χ0n) is 21.7. The van der Waals surface area contributed by atoms with E-state index in [2.05, 4.69) is 37.3 Å². The topological polar surface area (TPSA) is 88.6 Å². The van der Waals surface area contributed by atoms with Gasteiger partial charge in [-0.25, -0.2) is 19.2 Å². The number of amides is 1. The molecule has 1 atom stereocenters. The van der Waals surface area contributed by atoms with Gasteiger partial charge in [0.05, 0.1) is 26.2 Å². The lowest BCUT2D eigenvalue weighted by Crippen LogP contribution is -2.34. The second-order valence-electron chi connectivity index (χ2n) is 9.07. The lowest BCUT2D eigenvalue weighted by molar-refractivity contribution is 0.0725. The zero-order chi connectivity index (χ0) is 27.9. The van der Waals surface area contributed by atoms with Crippen LogP contribution in [-0.4, -0.2) is 46.8 Å². The van der Waals surface area contributed by atoms with Crippen LogP contribution in [0, 0.1) is 17.7 Å². The molecule has 0 aliphatic carbocycles. The first-order chi connectivity index (χ1) is 19.5. The van der Waals surface area contributed by atoms with Gasteiger partial charge >= 0.3 is 6.09 Å². The molecule has 0 saturated carbocycles. The normalized spacial score (nSPS) is 14.9.